The van der Waals surface area contributed by atoms with Gasteiger partial charge in [-0.2, -0.15) is 5.26 Å². The van der Waals surface area contributed by atoms with Gasteiger partial charge in [0, 0.05) is 6.04 Å². The molecule has 1 aromatic carbocycles. The molecule has 0 spiro atoms. The summed E-state index contributed by atoms with van der Waals surface area (Å²) in [5.41, 5.74) is 7.55. The highest BCUT2D eigenvalue weighted by molar-refractivity contribution is 5.85. The van der Waals surface area contributed by atoms with Gasteiger partial charge in [-0.3, -0.25) is 0 Å². The van der Waals surface area contributed by atoms with Crippen LogP contribution in [0.3, 0.4) is 0 Å². The molecule has 1 rings (SSSR count). The first-order chi connectivity index (χ1) is 6.27. The zero-order valence-electron chi connectivity index (χ0n) is 7.81. The molecule has 3 heteroatoms. The lowest BCUT2D eigenvalue weighted by Gasteiger charge is -2.08. The van der Waals surface area contributed by atoms with Gasteiger partial charge in [0.15, 0.2) is 0 Å². The lowest BCUT2D eigenvalue weighted by Crippen LogP contribution is -2.08. The molecule has 0 fully saturated rings. The first-order valence-electron chi connectivity index (χ1n) is 4.14. The highest BCUT2D eigenvalue weighted by atomic mass is 35.5. The monoisotopic (exact) mass is 208 g/mol. The number of nitrogens with zero attached hydrogens (tertiary/aromatic N) is 1. The van der Waals surface area contributed by atoms with Crippen LogP contribution in [-0.4, -0.2) is 0 Å². The molecule has 0 amide bonds. The molecule has 0 aliphatic heterocycles. The van der Waals surface area contributed by atoms with Gasteiger partial charge in [-0.05, 0) is 24.1 Å². The van der Waals surface area contributed by atoms with Gasteiger partial charge in [0.2, 0.25) is 0 Å². The number of hydrogen-bond donors (Lipinski definition) is 1. The fourth-order valence-electron chi connectivity index (χ4n) is 1.12. The SMILES string of the molecule is C=CC[C@H](N)c1ccc(C#N)cc1.Cl. The Balaban J connectivity index is 0.00000169. The molecule has 0 saturated carbocycles. The van der Waals surface area contributed by atoms with Crippen molar-refractivity contribution in [2.75, 3.05) is 0 Å². The van der Waals surface area contributed by atoms with Crippen LogP contribution in [0.5, 0.6) is 0 Å². The van der Waals surface area contributed by atoms with E-state index in [0.29, 0.717) is 5.56 Å². The predicted molar refractivity (Wildman–Crippen MR) is 60.1 cm³/mol. The van der Waals surface area contributed by atoms with Crippen LogP contribution < -0.4 is 5.73 Å². The summed E-state index contributed by atoms with van der Waals surface area (Å²) in [6.45, 7) is 3.63. The molecule has 1 atom stereocenters. The minimum atomic E-state index is -0.00903. The topological polar surface area (TPSA) is 49.8 Å². The molecular formula is C11H13ClN2. The Morgan fingerprint density at radius 2 is 2.00 bits per heavy atom. The van der Waals surface area contributed by atoms with Gasteiger partial charge in [-0.1, -0.05) is 18.2 Å². The third kappa shape index (κ3) is 3.21. The molecule has 0 saturated heterocycles. The van der Waals surface area contributed by atoms with E-state index < -0.39 is 0 Å². The standard InChI is InChI=1S/C11H12N2.ClH/c1-2-3-11(13)10-6-4-9(8-12)5-7-10;/h2,4-7,11H,1,3,13H2;1H/t11-;/m0./s1. The van der Waals surface area contributed by atoms with Crippen LogP contribution in [0.2, 0.25) is 0 Å². The van der Waals surface area contributed by atoms with Gasteiger partial charge in [-0.15, -0.1) is 19.0 Å². The molecule has 0 aromatic heterocycles. The Hall–Kier alpha value is -1.30. The maximum Gasteiger partial charge on any atom is 0.0991 e. The van der Waals surface area contributed by atoms with E-state index in [0.717, 1.165) is 12.0 Å². The van der Waals surface area contributed by atoms with Gasteiger partial charge < -0.3 is 5.73 Å². The Morgan fingerprint density at radius 3 is 2.43 bits per heavy atom. The zero-order chi connectivity index (χ0) is 9.68. The molecule has 0 aliphatic carbocycles. The quantitative estimate of drug-likeness (QED) is 0.777. The molecule has 0 bridgehead atoms. The fraction of sp³-hybridized carbons (Fsp3) is 0.182. The normalized spacial score (nSPS) is 10.9. The van der Waals surface area contributed by atoms with Crippen molar-refractivity contribution in [3.63, 3.8) is 0 Å². The summed E-state index contributed by atoms with van der Waals surface area (Å²) in [6, 6.07) is 9.37. The van der Waals surface area contributed by atoms with Crippen molar-refractivity contribution in [2.45, 2.75) is 12.5 Å². The number of benzene rings is 1. The highest BCUT2D eigenvalue weighted by Gasteiger charge is 2.02. The lowest BCUT2D eigenvalue weighted by molar-refractivity contribution is 0.742. The average Bonchev–Trinajstić information content (AvgIpc) is 2.18. The molecule has 14 heavy (non-hydrogen) atoms. The van der Waals surface area contributed by atoms with Crippen molar-refractivity contribution in [3.05, 3.63) is 48.0 Å². The van der Waals surface area contributed by atoms with Crippen LogP contribution in [0, 0.1) is 11.3 Å². The fourth-order valence-corrected chi connectivity index (χ4v) is 1.12. The molecule has 1 aromatic rings. The van der Waals surface area contributed by atoms with E-state index in [4.69, 9.17) is 11.0 Å². The third-order valence-electron chi connectivity index (χ3n) is 1.89. The van der Waals surface area contributed by atoms with E-state index in [9.17, 15) is 0 Å². The van der Waals surface area contributed by atoms with Gasteiger partial charge in [0.25, 0.3) is 0 Å². The van der Waals surface area contributed by atoms with Crippen LogP contribution in [0.4, 0.5) is 0 Å². The van der Waals surface area contributed by atoms with Crippen molar-refractivity contribution < 1.29 is 0 Å². The van der Waals surface area contributed by atoms with Crippen molar-refractivity contribution in [3.8, 4) is 6.07 Å². The van der Waals surface area contributed by atoms with Crippen molar-refractivity contribution >= 4 is 12.4 Å². The van der Waals surface area contributed by atoms with Crippen LogP contribution in [-0.2, 0) is 0 Å². The van der Waals surface area contributed by atoms with E-state index >= 15 is 0 Å². The van der Waals surface area contributed by atoms with Crippen molar-refractivity contribution in [1.82, 2.24) is 0 Å². The molecule has 0 aliphatic rings. The van der Waals surface area contributed by atoms with E-state index in [1.54, 1.807) is 18.2 Å². The Labute approximate surface area is 90.5 Å². The largest absolute Gasteiger partial charge is 0.324 e. The molecule has 0 unspecified atom stereocenters. The zero-order valence-corrected chi connectivity index (χ0v) is 8.63. The first kappa shape index (κ1) is 12.7. The second kappa shape index (κ2) is 6.20. The Bertz CT molecular complexity index is 324. The first-order valence-corrected chi connectivity index (χ1v) is 4.14. The average molecular weight is 209 g/mol. The number of nitrogens with two attached hydrogens (primary N) is 1. The summed E-state index contributed by atoms with van der Waals surface area (Å²) in [7, 11) is 0. The predicted octanol–water partition coefficient (Wildman–Crippen LogP) is 2.56. The molecule has 0 radical (unpaired) electrons. The number of hydrogen-bond acceptors (Lipinski definition) is 2. The van der Waals surface area contributed by atoms with E-state index in [1.807, 2.05) is 12.1 Å². The van der Waals surface area contributed by atoms with Crippen molar-refractivity contribution in [2.24, 2.45) is 5.73 Å². The lowest BCUT2D eigenvalue weighted by atomic mass is 10.0. The number of nitriles is 1. The van der Waals surface area contributed by atoms with Crippen molar-refractivity contribution in [1.29, 1.82) is 5.26 Å². The van der Waals surface area contributed by atoms with Gasteiger partial charge in [0.05, 0.1) is 11.6 Å². The molecule has 2 N–H and O–H groups in total. The van der Waals surface area contributed by atoms with E-state index in [1.165, 1.54) is 0 Å². The van der Waals surface area contributed by atoms with Crippen LogP contribution in [0.1, 0.15) is 23.6 Å². The molecule has 2 nitrogen and oxygen atoms in total. The minimum absolute atomic E-state index is 0. The van der Waals surface area contributed by atoms with Gasteiger partial charge >= 0.3 is 0 Å². The summed E-state index contributed by atoms with van der Waals surface area (Å²) in [6.07, 6.45) is 2.55. The van der Waals surface area contributed by atoms with Crippen LogP contribution in [0.15, 0.2) is 36.9 Å². The van der Waals surface area contributed by atoms with Crippen LogP contribution in [0.25, 0.3) is 0 Å². The third-order valence-corrected chi connectivity index (χ3v) is 1.89. The summed E-state index contributed by atoms with van der Waals surface area (Å²) in [5.74, 6) is 0. The highest BCUT2D eigenvalue weighted by Crippen LogP contribution is 2.14. The van der Waals surface area contributed by atoms with E-state index in [2.05, 4.69) is 12.6 Å². The summed E-state index contributed by atoms with van der Waals surface area (Å²) in [4.78, 5) is 0. The van der Waals surface area contributed by atoms with Gasteiger partial charge in [0.1, 0.15) is 0 Å². The molecule has 0 heterocycles. The summed E-state index contributed by atoms with van der Waals surface area (Å²) >= 11 is 0. The second-order valence-corrected chi connectivity index (χ2v) is 2.86. The van der Waals surface area contributed by atoms with Gasteiger partial charge in [-0.25, -0.2) is 0 Å². The Kier molecular flexibility index (Phi) is 5.62. The Morgan fingerprint density at radius 1 is 1.43 bits per heavy atom. The summed E-state index contributed by atoms with van der Waals surface area (Å²) in [5, 5.41) is 8.57. The maximum absolute atomic E-state index is 8.57. The minimum Gasteiger partial charge on any atom is -0.324 e. The smallest absolute Gasteiger partial charge is 0.0991 e. The number of rotatable bonds is 3. The van der Waals surface area contributed by atoms with E-state index in [-0.39, 0.29) is 18.4 Å². The summed E-state index contributed by atoms with van der Waals surface area (Å²) < 4.78 is 0. The van der Waals surface area contributed by atoms with Crippen LogP contribution >= 0.6 is 12.4 Å². The number of halogens is 1. The maximum atomic E-state index is 8.57. The molecule has 74 valence electrons. The molecular weight excluding hydrogens is 196 g/mol. The second-order valence-electron chi connectivity index (χ2n) is 2.86.